The van der Waals surface area contributed by atoms with E-state index in [0.717, 1.165) is 16.6 Å². The summed E-state index contributed by atoms with van der Waals surface area (Å²) >= 11 is 0. The van der Waals surface area contributed by atoms with Crippen molar-refractivity contribution < 1.29 is 19.8 Å². The first-order valence-corrected chi connectivity index (χ1v) is 5.45. The van der Waals surface area contributed by atoms with Crippen LogP contribution < -0.4 is 0 Å². The van der Waals surface area contributed by atoms with Crippen molar-refractivity contribution >= 4 is 22.8 Å². The summed E-state index contributed by atoms with van der Waals surface area (Å²) in [6, 6.07) is 5.22. The molecule has 0 saturated heterocycles. The summed E-state index contributed by atoms with van der Waals surface area (Å²) in [5, 5.41) is 18.9. The molecule has 0 aliphatic carbocycles. The molecule has 5 nitrogen and oxygen atoms in total. The summed E-state index contributed by atoms with van der Waals surface area (Å²) < 4.78 is 1.51. The minimum absolute atomic E-state index is 0.138. The van der Waals surface area contributed by atoms with Gasteiger partial charge in [0.2, 0.25) is 0 Å². The Morgan fingerprint density at radius 2 is 1.83 bits per heavy atom. The number of aryl methyl sites for hydroxylation is 2. The maximum atomic E-state index is 11.3. The van der Waals surface area contributed by atoms with Gasteiger partial charge in [0, 0.05) is 11.1 Å². The number of hydrogen-bond donors (Lipinski definition) is 2. The van der Waals surface area contributed by atoms with Gasteiger partial charge in [-0.15, -0.1) is 0 Å². The number of hydrogen-bond acceptors (Lipinski definition) is 2. The van der Waals surface area contributed by atoms with E-state index in [2.05, 4.69) is 0 Å². The Morgan fingerprint density at radius 3 is 2.39 bits per heavy atom. The fourth-order valence-corrected chi connectivity index (χ4v) is 2.20. The second-order valence-electron chi connectivity index (χ2n) is 4.32. The zero-order valence-corrected chi connectivity index (χ0v) is 10.1. The molecule has 0 aliphatic heterocycles. The zero-order valence-electron chi connectivity index (χ0n) is 10.1. The fraction of sp³-hybridized carbons (Fsp3) is 0.231. The van der Waals surface area contributed by atoms with Gasteiger partial charge in [-0.25, -0.2) is 4.79 Å². The number of fused-ring (bicyclic) bond motifs is 1. The molecule has 0 atom stereocenters. The van der Waals surface area contributed by atoms with Gasteiger partial charge in [0.15, 0.2) is 0 Å². The molecule has 2 rings (SSSR count). The first-order chi connectivity index (χ1) is 8.40. The molecule has 0 amide bonds. The van der Waals surface area contributed by atoms with Crippen LogP contribution in [-0.2, 0) is 11.3 Å². The first-order valence-electron chi connectivity index (χ1n) is 5.45. The normalized spacial score (nSPS) is 10.8. The van der Waals surface area contributed by atoms with Crippen LogP contribution in [0.3, 0.4) is 0 Å². The van der Waals surface area contributed by atoms with Gasteiger partial charge in [-0.2, -0.15) is 0 Å². The van der Waals surface area contributed by atoms with Crippen LogP contribution in [0.2, 0.25) is 0 Å². The highest BCUT2D eigenvalue weighted by Crippen LogP contribution is 2.25. The van der Waals surface area contributed by atoms with Crippen molar-refractivity contribution in [1.82, 2.24) is 4.57 Å². The Balaban J connectivity index is 2.81. The molecule has 0 fully saturated rings. The van der Waals surface area contributed by atoms with E-state index in [1.807, 2.05) is 13.0 Å². The van der Waals surface area contributed by atoms with Crippen LogP contribution in [0.5, 0.6) is 0 Å². The summed E-state index contributed by atoms with van der Waals surface area (Å²) in [5.41, 5.74) is 2.18. The molecular weight excluding hydrogens is 234 g/mol. The summed E-state index contributed by atoms with van der Waals surface area (Å²) in [4.78, 5) is 22.1. The molecule has 2 aromatic rings. The van der Waals surface area contributed by atoms with Crippen molar-refractivity contribution in [3.05, 3.63) is 35.0 Å². The van der Waals surface area contributed by atoms with E-state index in [9.17, 15) is 14.7 Å². The lowest BCUT2D eigenvalue weighted by Crippen LogP contribution is -2.12. The van der Waals surface area contributed by atoms with Crippen LogP contribution in [0, 0.1) is 13.8 Å². The molecule has 0 spiro atoms. The van der Waals surface area contributed by atoms with E-state index in [4.69, 9.17) is 5.11 Å². The van der Waals surface area contributed by atoms with Crippen molar-refractivity contribution in [2.24, 2.45) is 0 Å². The lowest BCUT2D eigenvalue weighted by atomic mass is 10.1. The third kappa shape index (κ3) is 1.95. The minimum atomic E-state index is -1.05. The van der Waals surface area contributed by atoms with E-state index >= 15 is 0 Å². The van der Waals surface area contributed by atoms with Gasteiger partial charge in [0.25, 0.3) is 0 Å². The molecule has 1 aromatic heterocycles. The number of carboxylic acids is 2. The predicted molar refractivity (Wildman–Crippen MR) is 66.0 cm³/mol. The Kier molecular flexibility index (Phi) is 2.82. The van der Waals surface area contributed by atoms with Crippen LogP contribution in [0.25, 0.3) is 10.9 Å². The fourth-order valence-electron chi connectivity index (χ4n) is 2.20. The number of carboxylic acid groups (broad SMARTS) is 2. The molecule has 1 heterocycles. The van der Waals surface area contributed by atoms with Gasteiger partial charge in [0.1, 0.15) is 6.54 Å². The van der Waals surface area contributed by atoms with Gasteiger partial charge in [0.05, 0.1) is 11.1 Å². The predicted octanol–water partition coefficient (Wildman–Crippen LogP) is 2.04. The second-order valence-corrected chi connectivity index (χ2v) is 4.32. The van der Waals surface area contributed by atoms with Crippen LogP contribution in [-0.4, -0.2) is 26.7 Å². The minimum Gasteiger partial charge on any atom is -0.480 e. The van der Waals surface area contributed by atoms with E-state index in [1.165, 1.54) is 4.57 Å². The summed E-state index contributed by atoms with van der Waals surface area (Å²) in [6.07, 6.45) is 0. The smallest absolute Gasteiger partial charge is 0.337 e. The molecule has 0 radical (unpaired) electrons. The van der Waals surface area contributed by atoms with Gasteiger partial charge in [-0.3, -0.25) is 4.79 Å². The Bertz CT molecular complexity index is 655. The van der Waals surface area contributed by atoms with E-state index in [-0.39, 0.29) is 12.1 Å². The Labute approximate surface area is 103 Å². The van der Waals surface area contributed by atoms with Gasteiger partial charge in [-0.05, 0) is 37.6 Å². The third-order valence-electron chi connectivity index (χ3n) is 2.87. The van der Waals surface area contributed by atoms with Gasteiger partial charge in [-0.1, -0.05) is 0 Å². The first kappa shape index (κ1) is 12.2. The maximum absolute atomic E-state index is 11.3. The molecular formula is C13H13NO4. The van der Waals surface area contributed by atoms with Crippen molar-refractivity contribution in [3.63, 3.8) is 0 Å². The quantitative estimate of drug-likeness (QED) is 0.869. The van der Waals surface area contributed by atoms with Crippen LogP contribution in [0.15, 0.2) is 18.2 Å². The van der Waals surface area contributed by atoms with Crippen molar-refractivity contribution in [2.45, 2.75) is 20.4 Å². The van der Waals surface area contributed by atoms with Crippen molar-refractivity contribution in [2.75, 3.05) is 0 Å². The molecule has 1 aromatic carbocycles. The molecule has 0 unspecified atom stereocenters. The summed E-state index contributed by atoms with van der Waals surface area (Å²) in [5.74, 6) is -2.04. The lowest BCUT2D eigenvalue weighted by molar-refractivity contribution is -0.137. The molecule has 2 N–H and O–H groups in total. The molecule has 0 saturated carbocycles. The summed E-state index contributed by atoms with van der Waals surface area (Å²) in [6.45, 7) is 3.35. The SMILES string of the molecule is Cc1cc(C(=O)O)c2c(c1)cc(C)n2CC(=O)O. The third-order valence-corrected chi connectivity index (χ3v) is 2.87. The lowest BCUT2D eigenvalue weighted by Gasteiger charge is -2.08. The van der Waals surface area contributed by atoms with E-state index in [0.29, 0.717) is 5.52 Å². The van der Waals surface area contributed by atoms with E-state index < -0.39 is 11.9 Å². The summed E-state index contributed by atoms with van der Waals surface area (Å²) in [7, 11) is 0. The average molecular weight is 247 g/mol. The standard InChI is InChI=1S/C13H13NO4/c1-7-3-9-5-8(2)14(6-11(15)16)12(9)10(4-7)13(17)18/h3-5H,6H2,1-2H3,(H,15,16)(H,17,18). The monoisotopic (exact) mass is 247 g/mol. The number of benzene rings is 1. The zero-order chi connectivity index (χ0) is 13.4. The van der Waals surface area contributed by atoms with Gasteiger partial charge >= 0.3 is 11.9 Å². The van der Waals surface area contributed by atoms with Crippen molar-refractivity contribution in [1.29, 1.82) is 0 Å². The Hall–Kier alpha value is -2.30. The van der Waals surface area contributed by atoms with Crippen LogP contribution in [0.1, 0.15) is 21.6 Å². The number of nitrogens with zero attached hydrogens (tertiary/aromatic N) is 1. The van der Waals surface area contributed by atoms with Crippen molar-refractivity contribution in [3.8, 4) is 0 Å². The number of aromatic carboxylic acids is 1. The molecule has 0 aliphatic rings. The number of carbonyl (C=O) groups is 2. The Morgan fingerprint density at radius 1 is 1.17 bits per heavy atom. The number of aliphatic carboxylic acids is 1. The highest BCUT2D eigenvalue weighted by Gasteiger charge is 2.16. The topological polar surface area (TPSA) is 79.5 Å². The van der Waals surface area contributed by atoms with Gasteiger partial charge < -0.3 is 14.8 Å². The number of rotatable bonds is 3. The number of aromatic nitrogens is 1. The van der Waals surface area contributed by atoms with Crippen LogP contribution in [0.4, 0.5) is 0 Å². The highest BCUT2D eigenvalue weighted by molar-refractivity contribution is 6.03. The van der Waals surface area contributed by atoms with Crippen LogP contribution >= 0.6 is 0 Å². The molecule has 18 heavy (non-hydrogen) atoms. The molecule has 5 heteroatoms. The largest absolute Gasteiger partial charge is 0.480 e. The highest BCUT2D eigenvalue weighted by atomic mass is 16.4. The maximum Gasteiger partial charge on any atom is 0.337 e. The van der Waals surface area contributed by atoms with E-state index in [1.54, 1.807) is 19.1 Å². The second kappa shape index (κ2) is 4.18. The molecule has 94 valence electrons. The average Bonchev–Trinajstić information content (AvgIpc) is 2.53. The molecule has 0 bridgehead atoms.